The van der Waals surface area contributed by atoms with E-state index in [4.69, 9.17) is 15.6 Å². The van der Waals surface area contributed by atoms with Crippen LogP contribution in [0.1, 0.15) is 25.7 Å². The molecule has 0 heterocycles. The lowest BCUT2D eigenvalue weighted by atomic mass is 9.96. The van der Waals surface area contributed by atoms with Crippen LogP contribution in [0.5, 0.6) is 0 Å². The summed E-state index contributed by atoms with van der Waals surface area (Å²) >= 11 is 0. The molecule has 108 valence electrons. The van der Waals surface area contributed by atoms with Crippen molar-refractivity contribution in [2.45, 2.75) is 43.2 Å². The second-order valence-electron chi connectivity index (χ2n) is 4.17. The molecule has 9 heteroatoms. The number of hydrogen-bond donors (Lipinski definition) is 2. The standard InChI is InChI=1S/C7H15NO2S.C2HF3O2/c1-11(9,10)7-4-2-6(8)3-5-7;3-2(4,5)1(6)7/h6-7H,2-5,8H2,1H3;(H,6,7). The van der Waals surface area contributed by atoms with E-state index < -0.39 is 22.0 Å². The van der Waals surface area contributed by atoms with Gasteiger partial charge in [-0.1, -0.05) is 0 Å². The van der Waals surface area contributed by atoms with E-state index in [9.17, 15) is 21.6 Å². The molecule has 0 unspecified atom stereocenters. The van der Waals surface area contributed by atoms with Crippen LogP contribution in [-0.4, -0.2) is 43.2 Å². The smallest absolute Gasteiger partial charge is 0.475 e. The summed E-state index contributed by atoms with van der Waals surface area (Å²) < 4.78 is 53.8. The number of carbonyl (C=O) groups is 1. The van der Waals surface area contributed by atoms with Gasteiger partial charge in [-0.3, -0.25) is 0 Å². The number of carboxylic acid groups (broad SMARTS) is 1. The van der Waals surface area contributed by atoms with Crippen LogP contribution < -0.4 is 5.73 Å². The summed E-state index contributed by atoms with van der Waals surface area (Å²) in [6.07, 6.45) is -0.552. The van der Waals surface area contributed by atoms with Crippen molar-refractivity contribution in [1.29, 1.82) is 0 Å². The zero-order chi connectivity index (χ0) is 14.6. The monoisotopic (exact) mass is 291 g/mol. The first kappa shape index (κ1) is 17.2. The van der Waals surface area contributed by atoms with Crippen LogP contribution in [0.2, 0.25) is 0 Å². The Morgan fingerprint density at radius 2 is 1.56 bits per heavy atom. The summed E-state index contributed by atoms with van der Waals surface area (Å²) in [4.78, 5) is 8.90. The minimum atomic E-state index is -5.08. The van der Waals surface area contributed by atoms with E-state index in [1.165, 1.54) is 6.26 Å². The van der Waals surface area contributed by atoms with E-state index in [1.807, 2.05) is 0 Å². The lowest BCUT2D eigenvalue weighted by Gasteiger charge is -2.24. The molecule has 0 aliphatic heterocycles. The van der Waals surface area contributed by atoms with Gasteiger partial charge in [-0.25, -0.2) is 13.2 Å². The Labute approximate surface area is 103 Å². The van der Waals surface area contributed by atoms with Gasteiger partial charge in [-0.05, 0) is 25.7 Å². The lowest BCUT2D eigenvalue weighted by molar-refractivity contribution is -0.192. The first-order valence-electron chi connectivity index (χ1n) is 5.19. The van der Waals surface area contributed by atoms with Gasteiger partial charge in [0.15, 0.2) is 0 Å². The van der Waals surface area contributed by atoms with E-state index in [1.54, 1.807) is 0 Å². The summed E-state index contributed by atoms with van der Waals surface area (Å²) in [7, 11) is -2.80. The topological polar surface area (TPSA) is 97.5 Å². The molecule has 0 amide bonds. The molecule has 0 radical (unpaired) electrons. The molecule has 18 heavy (non-hydrogen) atoms. The molecule has 0 aromatic carbocycles. The fourth-order valence-electron chi connectivity index (χ4n) is 1.52. The van der Waals surface area contributed by atoms with Crippen LogP contribution in [0.25, 0.3) is 0 Å². The van der Waals surface area contributed by atoms with E-state index >= 15 is 0 Å². The molecule has 1 aliphatic carbocycles. The number of aliphatic carboxylic acids is 1. The van der Waals surface area contributed by atoms with Crippen LogP contribution in [0, 0.1) is 0 Å². The number of rotatable bonds is 1. The van der Waals surface area contributed by atoms with Crippen LogP contribution in [0.3, 0.4) is 0 Å². The first-order valence-corrected chi connectivity index (χ1v) is 7.14. The summed E-state index contributed by atoms with van der Waals surface area (Å²) in [5.74, 6) is -2.76. The molecule has 0 saturated heterocycles. The Hall–Kier alpha value is -0.830. The van der Waals surface area contributed by atoms with Gasteiger partial charge in [0, 0.05) is 12.3 Å². The molecule has 0 atom stereocenters. The molecule has 0 aromatic rings. The van der Waals surface area contributed by atoms with Crippen molar-refractivity contribution < 1.29 is 31.5 Å². The molecule has 0 aromatic heterocycles. The Balaban J connectivity index is 0.000000360. The maximum Gasteiger partial charge on any atom is 0.490 e. The van der Waals surface area contributed by atoms with E-state index in [-0.39, 0.29) is 11.3 Å². The highest BCUT2D eigenvalue weighted by Crippen LogP contribution is 2.22. The Bertz CT molecular complexity index is 372. The van der Waals surface area contributed by atoms with Crippen molar-refractivity contribution >= 4 is 15.8 Å². The first-order chi connectivity index (χ1) is 7.94. The molecular formula is C9H16F3NO4S. The van der Waals surface area contributed by atoms with Gasteiger partial charge in [0.25, 0.3) is 0 Å². The third-order valence-electron chi connectivity index (χ3n) is 2.57. The maximum atomic E-state index is 11.1. The highest BCUT2D eigenvalue weighted by molar-refractivity contribution is 7.91. The van der Waals surface area contributed by atoms with Gasteiger partial charge < -0.3 is 10.8 Å². The predicted octanol–water partition coefficient (Wildman–Crippen LogP) is 0.934. The molecule has 0 spiro atoms. The number of hydrogen-bond acceptors (Lipinski definition) is 4. The van der Waals surface area contributed by atoms with Gasteiger partial charge in [-0.15, -0.1) is 0 Å². The number of sulfone groups is 1. The molecule has 3 N–H and O–H groups in total. The van der Waals surface area contributed by atoms with Crippen molar-refractivity contribution in [1.82, 2.24) is 0 Å². The maximum absolute atomic E-state index is 11.1. The predicted molar refractivity (Wildman–Crippen MR) is 58.8 cm³/mol. The number of carboxylic acids is 1. The zero-order valence-electron chi connectivity index (χ0n) is 9.77. The van der Waals surface area contributed by atoms with Gasteiger partial charge >= 0.3 is 12.1 Å². The molecular weight excluding hydrogens is 275 g/mol. The molecule has 1 aliphatic rings. The average Bonchev–Trinajstić information content (AvgIpc) is 2.16. The van der Waals surface area contributed by atoms with Crippen LogP contribution in [0.15, 0.2) is 0 Å². The van der Waals surface area contributed by atoms with E-state index in [0.717, 1.165) is 25.7 Å². The van der Waals surface area contributed by atoms with Crippen molar-refractivity contribution in [3.8, 4) is 0 Å². The minimum absolute atomic E-state index is 0.123. The number of halogens is 3. The third kappa shape index (κ3) is 6.80. The summed E-state index contributed by atoms with van der Waals surface area (Å²) in [6, 6.07) is 0.230. The largest absolute Gasteiger partial charge is 0.490 e. The Kier molecular flexibility index (Phi) is 6.08. The highest BCUT2D eigenvalue weighted by Gasteiger charge is 2.38. The minimum Gasteiger partial charge on any atom is -0.475 e. The molecule has 1 fully saturated rings. The second-order valence-corrected chi connectivity index (χ2v) is 6.49. The highest BCUT2D eigenvalue weighted by atomic mass is 32.2. The quantitative estimate of drug-likeness (QED) is 0.749. The normalized spacial score (nSPS) is 24.9. The van der Waals surface area contributed by atoms with Crippen molar-refractivity contribution in [2.75, 3.05) is 6.26 Å². The SMILES string of the molecule is CS(=O)(=O)C1CCC(N)CC1.O=C(O)C(F)(F)F. The fraction of sp³-hybridized carbons (Fsp3) is 0.889. The van der Waals surface area contributed by atoms with Gasteiger partial charge in [0.1, 0.15) is 9.84 Å². The zero-order valence-corrected chi connectivity index (χ0v) is 10.6. The van der Waals surface area contributed by atoms with Crippen LogP contribution >= 0.6 is 0 Å². The van der Waals surface area contributed by atoms with Crippen molar-refractivity contribution in [3.05, 3.63) is 0 Å². The summed E-state index contributed by atoms with van der Waals surface area (Å²) in [5.41, 5.74) is 5.65. The Morgan fingerprint density at radius 1 is 1.22 bits per heavy atom. The summed E-state index contributed by atoms with van der Waals surface area (Å²) in [5, 5.41) is 7.00. The molecule has 5 nitrogen and oxygen atoms in total. The average molecular weight is 291 g/mol. The number of nitrogens with two attached hydrogens (primary N) is 1. The molecule has 0 bridgehead atoms. The summed E-state index contributed by atoms with van der Waals surface area (Å²) in [6.45, 7) is 0. The fourth-order valence-corrected chi connectivity index (χ4v) is 2.65. The molecule has 1 saturated carbocycles. The second kappa shape index (κ2) is 6.37. The number of alkyl halides is 3. The van der Waals surface area contributed by atoms with Gasteiger partial charge in [0.2, 0.25) is 0 Å². The van der Waals surface area contributed by atoms with Gasteiger partial charge in [0.05, 0.1) is 5.25 Å². The lowest BCUT2D eigenvalue weighted by Crippen LogP contribution is -2.32. The van der Waals surface area contributed by atoms with Crippen LogP contribution in [0.4, 0.5) is 13.2 Å². The Morgan fingerprint density at radius 3 is 1.78 bits per heavy atom. The van der Waals surface area contributed by atoms with E-state index in [2.05, 4.69) is 0 Å². The van der Waals surface area contributed by atoms with Crippen molar-refractivity contribution in [2.24, 2.45) is 5.73 Å². The van der Waals surface area contributed by atoms with Crippen molar-refractivity contribution in [3.63, 3.8) is 0 Å². The van der Waals surface area contributed by atoms with Crippen LogP contribution in [-0.2, 0) is 14.6 Å². The third-order valence-corrected chi connectivity index (χ3v) is 4.25. The van der Waals surface area contributed by atoms with E-state index in [0.29, 0.717) is 0 Å². The molecule has 1 rings (SSSR count). The van der Waals surface area contributed by atoms with Gasteiger partial charge in [-0.2, -0.15) is 13.2 Å².